The summed E-state index contributed by atoms with van der Waals surface area (Å²) in [5.74, 6) is 0. The number of benzene rings is 1. The predicted molar refractivity (Wildman–Crippen MR) is 57.9 cm³/mol. The van der Waals surface area contributed by atoms with Crippen LogP contribution in [0.5, 0.6) is 0 Å². The number of hydrogen-bond donors (Lipinski definition) is 0. The van der Waals surface area contributed by atoms with Crippen LogP contribution in [0.3, 0.4) is 0 Å². The summed E-state index contributed by atoms with van der Waals surface area (Å²) < 4.78 is 38.2. The summed E-state index contributed by atoms with van der Waals surface area (Å²) in [5.41, 5.74) is -0.586. The van der Waals surface area contributed by atoms with Gasteiger partial charge in [0, 0.05) is 10.9 Å². The van der Waals surface area contributed by atoms with E-state index in [0.717, 1.165) is 17.4 Å². The topological polar surface area (TPSA) is 30.0 Å². The molecule has 2 aromatic rings. The van der Waals surface area contributed by atoms with E-state index in [0.29, 0.717) is 6.29 Å². The monoisotopic (exact) mass is 257 g/mol. The van der Waals surface area contributed by atoms with Gasteiger partial charge in [-0.2, -0.15) is 13.2 Å². The number of carbonyl (C=O) groups is 1. The van der Waals surface area contributed by atoms with Gasteiger partial charge in [0.25, 0.3) is 0 Å². The largest absolute Gasteiger partial charge is 0.417 e. The molecule has 1 aromatic carbocycles. The molecule has 0 N–H and O–H groups in total. The van der Waals surface area contributed by atoms with E-state index in [9.17, 15) is 18.0 Å². The third-order valence-corrected chi connectivity index (χ3v) is 2.90. The molecular formula is C11H6F3NOS. The quantitative estimate of drug-likeness (QED) is 0.769. The maximum absolute atomic E-state index is 12.7. The maximum atomic E-state index is 12.7. The van der Waals surface area contributed by atoms with Gasteiger partial charge >= 0.3 is 6.18 Å². The molecule has 0 fully saturated rings. The first-order valence-electron chi connectivity index (χ1n) is 4.59. The van der Waals surface area contributed by atoms with E-state index in [1.54, 1.807) is 0 Å². The Morgan fingerprint density at radius 3 is 2.53 bits per heavy atom. The first-order valence-corrected chi connectivity index (χ1v) is 5.47. The van der Waals surface area contributed by atoms with Crippen molar-refractivity contribution in [3.05, 3.63) is 40.2 Å². The Morgan fingerprint density at radius 1 is 1.24 bits per heavy atom. The Kier molecular flexibility index (Phi) is 2.97. The Labute approximate surface area is 98.7 Å². The molecule has 0 amide bonds. The number of thiazole rings is 1. The highest BCUT2D eigenvalue weighted by molar-refractivity contribution is 7.11. The zero-order valence-corrected chi connectivity index (χ0v) is 9.18. The lowest BCUT2D eigenvalue weighted by molar-refractivity contribution is -0.137. The zero-order valence-electron chi connectivity index (χ0n) is 8.36. The molecule has 0 spiro atoms. The highest BCUT2D eigenvalue weighted by Crippen LogP contribution is 2.36. The van der Waals surface area contributed by atoms with Gasteiger partial charge in [0.05, 0.1) is 11.3 Å². The van der Waals surface area contributed by atoms with Gasteiger partial charge in [0.15, 0.2) is 11.3 Å². The van der Waals surface area contributed by atoms with Crippen LogP contribution in [0.1, 0.15) is 15.4 Å². The summed E-state index contributed by atoms with van der Waals surface area (Å²) in [6.07, 6.45) is -3.91. The lowest BCUT2D eigenvalue weighted by atomic mass is 10.1. The van der Waals surface area contributed by atoms with E-state index in [1.165, 1.54) is 23.6 Å². The molecule has 0 aliphatic rings. The van der Waals surface area contributed by atoms with Gasteiger partial charge in [-0.1, -0.05) is 18.2 Å². The number of halogens is 3. The van der Waals surface area contributed by atoms with Crippen molar-refractivity contribution in [3.8, 4) is 11.3 Å². The van der Waals surface area contributed by atoms with Crippen LogP contribution in [-0.2, 0) is 6.18 Å². The van der Waals surface area contributed by atoms with Crippen molar-refractivity contribution in [1.29, 1.82) is 0 Å². The van der Waals surface area contributed by atoms with Crippen molar-refractivity contribution in [2.24, 2.45) is 0 Å². The molecule has 0 unspecified atom stereocenters. The standard InChI is InChI=1S/C11H6F3NOS/c12-11(13,14)8-4-2-1-3-7(8)9-6-17-10(5-16)15-9/h1-6H. The second-order valence-corrected chi connectivity index (χ2v) is 4.12. The van der Waals surface area contributed by atoms with E-state index in [2.05, 4.69) is 4.98 Å². The number of nitrogens with zero attached hydrogens (tertiary/aromatic N) is 1. The summed E-state index contributed by atoms with van der Waals surface area (Å²) in [6.45, 7) is 0. The minimum absolute atomic E-state index is 0.00986. The zero-order chi connectivity index (χ0) is 12.5. The number of carbonyl (C=O) groups excluding carboxylic acids is 1. The number of aldehydes is 1. The molecule has 0 saturated carbocycles. The van der Waals surface area contributed by atoms with Crippen LogP contribution in [0.2, 0.25) is 0 Å². The lowest BCUT2D eigenvalue weighted by Crippen LogP contribution is -2.06. The van der Waals surface area contributed by atoms with Crippen molar-refractivity contribution >= 4 is 17.6 Å². The van der Waals surface area contributed by atoms with Gasteiger partial charge in [-0.3, -0.25) is 4.79 Å². The van der Waals surface area contributed by atoms with Crippen molar-refractivity contribution in [1.82, 2.24) is 4.98 Å². The molecule has 0 bridgehead atoms. The average molecular weight is 257 g/mol. The fraction of sp³-hybridized carbons (Fsp3) is 0.0909. The highest BCUT2D eigenvalue weighted by atomic mass is 32.1. The smallest absolute Gasteiger partial charge is 0.295 e. The van der Waals surface area contributed by atoms with Gasteiger partial charge < -0.3 is 0 Å². The minimum Gasteiger partial charge on any atom is -0.295 e. The fourth-order valence-corrected chi connectivity index (χ4v) is 2.04. The molecular weight excluding hydrogens is 251 g/mol. The van der Waals surface area contributed by atoms with Crippen LogP contribution >= 0.6 is 11.3 Å². The van der Waals surface area contributed by atoms with Gasteiger partial charge in [0.1, 0.15) is 0 Å². The molecule has 2 nitrogen and oxygen atoms in total. The minimum atomic E-state index is -4.43. The molecule has 2 rings (SSSR count). The van der Waals surface area contributed by atoms with Crippen LogP contribution in [0, 0.1) is 0 Å². The summed E-state index contributed by atoms with van der Waals surface area (Å²) >= 11 is 1.02. The Balaban J connectivity index is 2.55. The molecule has 0 radical (unpaired) electrons. The summed E-state index contributed by atoms with van der Waals surface area (Å²) in [6, 6.07) is 5.16. The number of hydrogen-bond acceptors (Lipinski definition) is 3. The van der Waals surface area contributed by atoms with Crippen LogP contribution in [0.25, 0.3) is 11.3 Å². The normalized spacial score (nSPS) is 11.5. The fourth-order valence-electron chi connectivity index (χ4n) is 1.42. The van der Waals surface area contributed by atoms with Gasteiger partial charge in [-0.25, -0.2) is 4.98 Å². The summed E-state index contributed by atoms with van der Waals surface area (Å²) in [5, 5.41) is 1.60. The van der Waals surface area contributed by atoms with Crippen molar-refractivity contribution in [3.63, 3.8) is 0 Å². The second kappa shape index (κ2) is 4.29. The first kappa shape index (κ1) is 11.8. The molecule has 6 heteroatoms. The van der Waals surface area contributed by atoms with E-state index < -0.39 is 11.7 Å². The third kappa shape index (κ3) is 2.36. The Hall–Kier alpha value is -1.69. The van der Waals surface area contributed by atoms with Crippen molar-refractivity contribution < 1.29 is 18.0 Å². The molecule has 0 atom stereocenters. The predicted octanol–water partition coefficient (Wildman–Crippen LogP) is 3.64. The first-order chi connectivity index (χ1) is 8.02. The van der Waals surface area contributed by atoms with Crippen LogP contribution in [0.15, 0.2) is 29.6 Å². The van der Waals surface area contributed by atoms with Crippen molar-refractivity contribution in [2.45, 2.75) is 6.18 Å². The van der Waals surface area contributed by atoms with Gasteiger partial charge in [0.2, 0.25) is 0 Å². The summed E-state index contributed by atoms with van der Waals surface area (Å²) in [4.78, 5) is 14.3. The molecule has 17 heavy (non-hydrogen) atoms. The number of rotatable bonds is 2. The lowest BCUT2D eigenvalue weighted by Gasteiger charge is -2.10. The summed E-state index contributed by atoms with van der Waals surface area (Å²) in [7, 11) is 0. The van der Waals surface area contributed by atoms with E-state index >= 15 is 0 Å². The molecule has 1 aromatic heterocycles. The van der Waals surface area contributed by atoms with Crippen LogP contribution in [0.4, 0.5) is 13.2 Å². The van der Waals surface area contributed by atoms with Crippen LogP contribution < -0.4 is 0 Å². The number of alkyl halides is 3. The molecule has 0 aliphatic heterocycles. The van der Waals surface area contributed by atoms with E-state index in [4.69, 9.17) is 0 Å². The third-order valence-electron chi connectivity index (χ3n) is 2.13. The average Bonchev–Trinajstić information content (AvgIpc) is 2.76. The van der Waals surface area contributed by atoms with E-state index in [-0.39, 0.29) is 16.3 Å². The van der Waals surface area contributed by atoms with Crippen molar-refractivity contribution in [2.75, 3.05) is 0 Å². The molecule has 0 saturated heterocycles. The Bertz CT molecular complexity index is 548. The molecule has 88 valence electrons. The maximum Gasteiger partial charge on any atom is 0.417 e. The second-order valence-electron chi connectivity index (χ2n) is 3.23. The SMILES string of the molecule is O=Cc1nc(-c2ccccc2C(F)(F)F)cs1. The van der Waals surface area contributed by atoms with E-state index in [1.807, 2.05) is 0 Å². The van der Waals surface area contributed by atoms with Gasteiger partial charge in [-0.15, -0.1) is 11.3 Å². The Morgan fingerprint density at radius 2 is 1.94 bits per heavy atom. The number of aromatic nitrogens is 1. The molecule has 0 aliphatic carbocycles. The van der Waals surface area contributed by atoms with Gasteiger partial charge in [-0.05, 0) is 6.07 Å². The highest BCUT2D eigenvalue weighted by Gasteiger charge is 2.33. The molecule has 1 heterocycles. The van der Waals surface area contributed by atoms with Crippen LogP contribution in [-0.4, -0.2) is 11.3 Å².